The maximum Gasteiger partial charge on any atom is 0.225 e. The molecule has 21 heavy (non-hydrogen) atoms. The predicted molar refractivity (Wildman–Crippen MR) is 79.1 cm³/mol. The van der Waals surface area contributed by atoms with Crippen LogP contribution in [-0.4, -0.2) is 17.6 Å². The highest BCUT2D eigenvalue weighted by atomic mass is 19.1. The molecule has 2 N–H and O–H groups in total. The molecule has 0 bridgehead atoms. The molecule has 0 heterocycles. The Hall–Kier alpha value is -2.20. The Bertz CT molecular complexity index is 598. The van der Waals surface area contributed by atoms with Gasteiger partial charge in [-0.2, -0.15) is 0 Å². The quantitative estimate of drug-likeness (QED) is 0.887. The maximum atomic E-state index is 12.8. The number of carbonyl (C=O) groups excluding carboxylic acids is 1. The molecule has 1 unspecified atom stereocenters. The van der Waals surface area contributed by atoms with Crippen molar-refractivity contribution in [1.29, 1.82) is 0 Å². The van der Waals surface area contributed by atoms with E-state index in [1.807, 2.05) is 30.3 Å². The van der Waals surface area contributed by atoms with Gasteiger partial charge in [0.1, 0.15) is 5.82 Å². The fourth-order valence-electron chi connectivity index (χ4n) is 2.15. The third-order valence-corrected chi connectivity index (χ3v) is 3.42. The summed E-state index contributed by atoms with van der Waals surface area (Å²) in [6.07, 6.45) is 0.142. The van der Waals surface area contributed by atoms with Gasteiger partial charge in [0, 0.05) is 0 Å². The number of carbonyl (C=O) groups is 1. The van der Waals surface area contributed by atoms with Crippen molar-refractivity contribution in [2.24, 2.45) is 0 Å². The summed E-state index contributed by atoms with van der Waals surface area (Å²) in [5, 5.41) is 12.5. The number of rotatable bonds is 5. The average Bonchev–Trinajstić information content (AvgIpc) is 2.50. The zero-order valence-corrected chi connectivity index (χ0v) is 11.8. The molecule has 1 amide bonds. The molecule has 4 heteroatoms. The smallest absolute Gasteiger partial charge is 0.225 e. The summed E-state index contributed by atoms with van der Waals surface area (Å²) in [5.74, 6) is -0.550. The highest BCUT2D eigenvalue weighted by molar-refractivity contribution is 5.79. The molecule has 0 radical (unpaired) electrons. The van der Waals surface area contributed by atoms with E-state index >= 15 is 0 Å². The largest absolute Gasteiger partial charge is 0.394 e. The first-order valence-corrected chi connectivity index (χ1v) is 6.75. The van der Waals surface area contributed by atoms with Gasteiger partial charge in [-0.15, -0.1) is 0 Å². The van der Waals surface area contributed by atoms with E-state index in [4.69, 9.17) is 0 Å². The zero-order chi connectivity index (χ0) is 15.3. The molecule has 0 aromatic heterocycles. The van der Waals surface area contributed by atoms with Crippen LogP contribution in [0.15, 0.2) is 54.6 Å². The molecule has 1 atom stereocenters. The highest BCUT2D eigenvalue weighted by Crippen LogP contribution is 2.20. The summed E-state index contributed by atoms with van der Waals surface area (Å²) in [5.41, 5.74) is 0.723. The van der Waals surface area contributed by atoms with E-state index in [1.54, 1.807) is 19.1 Å². The third-order valence-electron chi connectivity index (χ3n) is 3.42. The van der Waals surface area contributed by atoms with Gasteiger partial charge in [-0.05, 0) is 30.2 Å². The molecule has 0 aliphatic heterocycles. The van der Waals surface area contributed by atoms with Gasteiger partial charge in [-0.25, -0.2) is 4.39 Å². The van der Waals surface area contributed by atoms with E-state index in [9.17, 15) is 14.3 Å². The molecule has 0 aliphatic carbocycles. The number of halogens is 1. The van der Waals surface area contributed by atoms with Crippen LogP contribution in [0.5, 0.6) is 0 Å². The van der Waals surface area contributed by atoms with Crippen LogP contribution < -0.4 is 5.32 Å². The first-order chi connectivity index (χ1) is 10.0. The monoisotopic (exact) mass is 287 g/mol. The van der Waals surface area contributed by atoms with Gasteiger partial charge in [-0.1, -0.05) is 42.5 Å². The minimum Gasteiger partial charge on any atom is -0.394 e. The second-order valence-electron chi connectivity index (χ2n) is 5.21. The van der Waals surface area contributed by atoms with Crippen molar-refractivity contribution in [3.63, 3.8) is 0 Å². The van der Waals surface area contributed by atoms with E-state index in [2.05, 4.69) is 5.32 Å². The van der Waals surface area contributed by atoms with Gasteiger partial charge in [0.05, 0.1) is 18.6 Å². The fourth-order valence-corrected chi connectivity index (χ4v) is 2.15. The second-order valence-corrected chi connectivity index (χ2v) is 5.21. The van der Waals surface area contributed by atoms with Crippen LogP contribution in [0.25, 0.3) is 0 Å². The molecule has 0 saturated heterocycles. The molecule has 110 valence electrons. The summed E-state index contributed by atoms with van der Waals surface area (Å²) in [6, 6.07) is 15.1. The summed E-state index contributed by atoms with van der Waals surface area (Å²) in [7, 11) is 0. The number of amides is 1. The topological polar surface area (TPSA) is 49.3 Å². The lowest BCUT2D eigenvalue weighted by molar-refractivity contribution is -0.122. The van der Waals surface area contributed by atoms with Crippen molar-refractivity contribution in [2.45, 2.75) is 18.9 Å². The lowest BCUT2D eigenvalue weighted by Crippen LogP contribution is -2.46. The van der Waals surface area contributed by atoms with Gasteiger partial charge in [0.2, 0.25) is 5.91 Å². The van der Waals surface area contributed by atoms with E-state index in [-0.39, 0.29) is 24.8 Å². The Morgan fingerprint density at radius 3 is 2.33 bits per heavy atom. The lowest BCUT2D eigenvalue weighted by Gasteiger charge is -2.29. The van der Waals surface area contributed by atoms with Gasteiger partial charge in [-0.3, -0.25) is 4.79 Å². The molecule has 2 aromatic rings. The van der Waals surface area contributed by atoms with E-state index in [0.29, 0.717) is 0 Å². The number of benzene rings is 2. The van der Waals surface area contributed by atoms with Gasteiger partial charge in [0.25, 0.3) is 0 Å². The minimum atomic E-state index is -0.835. The molecular formula is C17H18FNO2. The fraction of sp³-hybridized carbons (Fsp3) is 0.235. The Balaban J connectivity index is 2.08. The first kappa shape index (κ1) is 15.2. The summed E-state index contributed by atoms with van der Waals surface area (Å²) in [4.78, 5) is 12.1. The number of hydrogen-bond acceptors (Lipinski definition) is 2. The Morgan fingerprint density at radius 2 is 1.76 bits per heavy atom. The van der Waals surface area contributed by atoms with Crippen molar-refractivity contribution < 1.29 is 14.3 Å². The minimum absolute atomic E-state index is 0.142. The van der Waals surface area contributed by atoms with E-state index in [1.165, 1.54) is 12.1 Å². The van der Waals surface area contributed by atoms with Crippen molar-refractivity contribution in [1.82, 2.24) is 5.32 Å². The first-order valence-electron chi connectivity index (χ1n) is 6.75. The van der Waals surface area contributed by atoms with Gasteiger partial charge in [0.15, 0.2) is 0 Å². The van der Waals surface area contributed by atoms with Crippen LogP contribution in [-0.2, 0) is 16.8 Å². The number of nitrogens with one attached hydrogen (secondary N) is 1. The van der Waals surface area contributed by atoms with Crippen molar-refractivity contribution in [2.75, 3.05) is 6.61 Å². The summed E-state index contributed by atoms with van der Waals surface area (Å²) < 4.78 is 12.8. The molecule has 0 spiro atoms. The molecule has 2 aromatic carbocycles. The average molecular weight is 287 g/mol. The molecule has 2 rings (SSSR count). The van der Waals surface area contributed by atoms with Crippen LogP contribution in [0.4, 0.5) is 4.39 Å². The normalized spacial score (nSPS) is 13.5. The molecule has 0 aliphatic rings. The zero-order valence-electron chi connectivity index (χ0n) is 11.8. The Labute approximate surface area is 123 Å². The molecular weight excluding hydrogens is 269 g/mol. The van der Waals surface area contributed by atoms with Crippen molar-refractivity contribution in [3.05, 3.63) is 71.5 Å². The summed E-state index contributed by atoms with van der Waals surface area (Å²) in [6.45, 7) is 1.57. The maximum absolute atomic E-state index is 12.8. The van der Waals surface area contributed by atoms with Crippen LogP contribution in [0.2, 0.25) is 0 Å². The van der Waals surface area contributed by atoms with Gasteiger partial charge < -0.3 is 10.4 Å². The van der Waals surface area contributed by atoms with Crippen LogP contribution in [0, 0.1) is 5.82 Å². The number of hydrogen-bond donors (Lipinski definition) is 2. The second kappa shape index (κ2) is 6.50. The van der Waals surface area contributed by atoms with Crippen molar-refractivity contribution >= 4 is 5.91 Å². The Morgan fingerprint density at radius 1 is 1.14 bits per heavy atom. The van der Waals surface area contributed by atoms with Crippen LogP contribution in [0.3, 0.4) is 0 Å². The highest BCUT2D eigenvalue weighted by Gasteiger charge is 2.27. The third kappa shape index (κ3) is 3.89. The molecule has 0 fully saturated rings. The SMILES string of the molecule is CC(CO)(NC(=O)Cc1ccc(F)cc1)c1ccccc1. The van der Waals surface area contributed by atoms with E-state index < -0.39 is 5.54 Å². The lowest BCUT2D eigenvalue weighted by atomic mass is 9.92. The molecule has 0 saturated carbocycles. The van der Waals surface area contributed by atoms with E-state index in [0.717, 1.165) is 11.1 Å². The standard InChI is InChI=1S/C17H18FNO2/c1-17(12-20,14-5-3-2-4-6-14)19-16(21)11-13-7-9-15(18)10-8-13/h2-10,20H,11-12H2,1H3,(H,19,21). The molecule has 3 nitrogen and oxygen atoms in total. The Kier molecular flexibility index (Phi) is 4.70. The predicted octanol–water partition coefficient (Wildman–Crippen LogP) is 2.39. The van der Waals surface area contributed by atoms with Crippen LogP contribution >= 0.6 is 0 Å². The van der Waals surface area contributed by atoms with Crippen molar-refractivity contribution in [3.8, 4) is 0 Å². The van der Waals surface area contributed by atoms with Crippen LogP contribution in [0.1, 0.15) is 18.1 Å². The number of aliphatic hydroxyl groups is 1. The number of aliphatic hydroxyl groups excluding tert-OH is 1. The summed E-state index contributed by atoms with van der Waals surface area (Å²) >= 11 is 0. The van der Waals surface area contributed by atoms with Gasteiger partial charge >= 0.3 is 0 Å².